The zero-order valence-electron chi connectivity index (χ0n) is 14.2. The van der Waals surface area contributed by atoms with Crippen LogP contribution in [0.2, 0.25) is 0 Å². The summed E-state index contributed by atoms with van der Waals surface area (Å²) in [5.74, 6) is 1.17. The van der Waals surface area contributed by atoms with E-state index in [1.54, 1.807) is 18.2 Å². The molecule has 0 unspecified atom stereocenters. The Hall–Kier alpha value is -2.83. The molecule has 0 atom stereocenters. The van der Waals surface area contributed by atoms with Gasteiger partial charge in [-0.05, 0) is 18.2 Å². The summed E-state index contributed by atoms with van der Waals surface area (Å²) < 4.78 is 42.6. The van der Waals surface area contributed by atoms with Gasteiger partial charge in [-0.2, -0.15) is 9.57 Å². The van der Waals surface area contributed by atoms with E-state index in [1.807, 2.05) is 6.07 Å². The van der Waals surface area contributed by atoms with E-state index in [0.29, 0.717) is 22.9 Å². The highest BCUT2D eigenvalue weighted by Gasteiger charge is 2.38. The Bertz CT molecular complexity index is 932. The van der Waals surface area contributed by atoms with E-state index in [2.05, 4.69) is 4.98 Å². The van der Waals surface area contributed by atoms with Crippen LogP contribution in [0.4, 0.5) is 0 Å². The summed E-state index contributed by atoms with van der Waals surface area (Å²) in [5, 5.41) is 8.75. The molecule has 2 heterocycles. The van der Waals surface area contributed by atoms with Crippen LogP contribution in [0.5, 0.6) is 17.4 Å². The average molecular weight is 375 g/mol. The minimum Gasteiger partial charge on any atom is -0.493 e. The first kappa shape index (κ1) is 18.0. The standard InChI is InChI=1S/C17H17N3O5S/c1-23-15-5-4-14(7-16(15)24-2)26(21,22)20-10-13(11-20)25-17-6-3-12(8-18)9-19-17/h3-7,9,13H,10-11H2,1-2H3. The van der Waals surface area contributed by atoms with Crippen LogP contribution < -0.4 is 14.2 Å². The highest BCUT2D eigenvalue weighted by molar-refractivity contribution is 7.89. The number of ether oxygens (including phenoxy) is 3. The smallest absolute Gasteiger partial charge is 0.243 e. The third kappa shape index (κ3) is 3.42. The molecule has 1 fully saturated rings. The Morgan fingerprint density at radius 3 is 2.46 bits per heavy atom. The number of nitriles is 1. The van der Waals surface area contributed by atoms with E-state index in [1.165, 1.54) is 36.9 Å². The van der Waals surface area contributed by atoms with Crippen LogP contribution in [0.25, 0.3) is 0 Å². The molecule has 1 aliphatic heterocycles. The van der Waals surface area contributed by atoms with Gasteiger partial charge in [0.25, 0.3) is 0 Å². The third-order valence-electron chi connectivity index (χ3n) is 3.96. The van der Waals surface area contributed by atoms with Gasteiger partial charge in [-0.25, -0.2) is 13.4 Å². The summed E-state index contributed by atoms with van der Waals surface area (Å²) in [4.78, 5) is 4.15. The molecular formula is C17H17N3O5S. The predicted octanol–water partition coefficient (Wildman–Crippen LogP) is 1.42. The monoisotopic (exact) mass is 375 g/mol. The number of hydrogen-bond acceptors (Lipinski definition) is 7. The highest BCUT2D eigenvalue weighted by atomic mass is 32.2. The van der Waals surface area contributed by atoms with Gasteiger partial charge in [-0.15, -0.1) is 0 Å². The average Bonchev–Trinajstić information content (AvgIpc) is 2.63. The molecule has 136 valence electrons. The van der Waals surface area contributed by atoms with Gasteiger partial charge >= 0.3 is 0 Å². The molecule has 1 saturated heterocycles. The van der Waals surface area contributed by atoms with Crippen molar-refractivity contribution < 1.29 is 22.6 Å². The van der Waals surface area contributed by atoms with E-state index in [9.17, 15) is 8.42 Å². The summed E-state index contributed by atoms with van der Waals surface area (Å²) in [7, 11) is -0.704. The van der Waals surface area contributed by atoms with Crippen LogP contribution in [0.3, 0.4) is 0 Å². The second kappa shape index (κ2) is 7.19. The summed E-state index contributed by atoms with van der Waals surface area (Å²) in [6.07, 6.45) is 1.12. The lowest BCUT2D eigenvalue weighted by Crippen LogP contribution is -2.56. The summed E-state index contributed by atoms with van der Waals surface area (Å²) in [5.41, 5.74) is 0.434. The van der Waals surface area contributed by atoms with Crippen molar-refractivity contribution in [2.45, 2.75) is 11.0 Å². The van der Waals surface area contributed by atoms with Crippen LogP contribution in [-0.4, -0.2) is 51.1 Å². The van der Waals surface area contributed by atoms with Crippen molar-refractivity contribution in [2.24, 2.45) is 0 Å². The van der Waals surface area contributed by atoms with Gasteiger partial charge in [0.1, 0.15) is 12.2 Å². The first-order valence-corrected chi connectivity index (χ1v) is 9.17. The normalized spacial score (nSPS) is 15.0. The Kier molecular flexibility index (Phi) is 4.97. The summed E-state index contributed by atoms with van der Waals surface area (Å²) >= 11 is 0. The number of nitrogens with zero attached hydrogens (tertiary/aromatic N) is 3. The van der Waals surface area contributed by atoms with Crippen LogP contribution in [-0.2, 0) is 10.0 Å². The van der Waals surface area contributed by atoms with E-state index < -0.39 is 10.0 Å². The van der Waals surface area contributed by atoms with E-state index in [0.717, 1.165) is 0 Å². The SMILES string of the molecule is COc1ccc(S(=O)(=O)N2CC(Oc3ccc(C#N)cn3)C2)cc1OC. The van der Waals surface area contributed by atoms with Crippen molar-refractivity contribution in [1.82, 2.24) is 9.29 Å². The van der Waals surface area contributed by atoms with Crippen LogP contribution in [0.15, 0.2) is 41.4 Å². The minimum absolute atomic E-state index is 0.130. The molecule has 3 rings (SSSR count). The van der Waals surface area contributed by atoms with E-state index in [4.69, 9.17) is 19.5 Å². The van der Waals surface area contributed by atoms with Crippen LogP contribution in [0, 0.1) is 11.3 Å². The molecule has 1 aromatic heterocycles. The zero-order chi connectivity index (χ0) is 18.7. The largest absolute Gasteiger partial charge is 0.493 e. The van der Waals surface area contributed by atoms with Crippen LogP contribution >= 0.6 is 0 Å². The fourth-order valence-electron chi connectivity index (χ4n) is 2.48. The quantitative estimate of drug-likeness (QED) is 0.752. The van der Waals surface area contributed by atoms with Crippen molar-refractivity contribution in [3.05, 3.63) is 42.1 Å². The number of benzene rings is 1. The molecule has 0 saturated carbocycles. The molecule has 8 nitrogen and oxygen atoms in total. The second-order valence-corrected chi connectivity index (χ2v) is 7.51. The molecular weight excluding hydrogens is 358 g/mol. The third-order valence-corrected chi connectivity index (χ3v) is 5.79. The lowest BCUT2D eigenvalue weighted by molar-refractivity contribution is 0.0721. The molecule has 0 radical (unpaired) electrons. The van der Waals surface area contributed by atoms with E-state index >= 15 is 0 Å². The fraction of sp³-hybridized carbons (Fsp3) is 0.294. The number of pyridine rings is 1. The molecule has 0 amide bonds. The maximum atomic E-state index is 12.7. The molecule has 1 aromatic carbocycles. The number of rotatable bonds is 6. The molecule has 9 heteroatoms. The topological polar surface area (TPSA) is 102 Å². The Morgan fingerprint density at radius 2 is 1.88 bits per heavy atom. The molecule has 26 heavy (non-hydrogen) atoms. The summed E-state index contributed by atoms with van der Waals surface area (Å²) in [6.45, 7) is 0.441. The molecule has 0 spiro atoms. The Labute approximate surface area is 151 Å². The number of hydrogen-bond donors (Lipinski definition) is 0. The summed E-state index contributed by atoms with van der Waals surface area (Å²) in [6, 6.07) is 9.63. The van der Waals surface area contributed by atoms with Crippen molar-refractivity contribution in [1.29, 1.82) is 5.26 Å². The fourth-order valence-corrected chi connectivity index (χ4v) is 4.00. The van der Waals surface area contributed by atoms with Gasteiger partial charge in [0.05, 0.1) is 37.8 Å². The predicted molar refractivity (Wildman–Crippen MR) is 91.7 cm³/mol. The lowest BCUT2D eigenvalue weighted by Gasteiger charge is -2.37. The number of methoxy groups -OCH3 is 2. The number of sulfonamides is 1. The van der Waals surface area contributed by atoms with Gasteiger partial charge in [-0.1, -0.05) is 0 Å². The molecule has 1 aliphatic rings. The first-order chi connectivity index (χ1) is 12.5. The molecule has 0 aliphatic carbocycles. The maximum absolute atomic E-state index is 12.7. The maximum Gasteiger partial charge on any atom is 0.243 e. The Balaban J connectivity index is 1.66. The second-order valence-electron chi connectivity index (χ2n) is 5.58. The van der Waals surface area contributed by atoms with E-state index in [-0.39, 0.29) is 24.1 Å². The van der Waals surface area contributed by atoms with Crippen molar-refractivity contribution in [3.63, 3.8) is 0 Å². The highest BCUT2D eigenvalue weighted by Crippen LogP contribution is 2.32. The molecule has 0 bridgehead atoms. The van der Waals surface area contributed by atoms with Gasteiger partial charge in [0.2, 0.25) is 15.9 Å². The van der Waals surface area contributed by atoms with Crippen molar-refractivity contribution in [2.75, 3.05) is 27.3 Å². The van der Waals surface area contributed by atoms with Gasteiger partial charge in [0.15, 0.2) is 11.5 Å². The zero-order valence-corrected chi connectivity index (χ0v) is 15.1. The first-order valence-electron chi connectivity index (χ1n) is 7.73. The van der Waals surface area contributed by atoms with Gasteiger partial charge in [-0.3, -0.25) is 0 Å². The molecule has 0 N–H and O–H groups in total. The Morgan fingerprint density at radius 1 is 1.15 bits per heavy atom. The molecule has 2 aromatic rings. The minimum atomic E-state index is -3.64. The van der Waals surface area contributed by atoms with Crippen molar-refractivity contribution in [3.8, 4) is 23.4 Å². The van der Waals surface area contributed by atoms with Crippen molar-refractivity contribution >= 4 is 10.0 Å². The van der Waals surface area contributed by atoms with Gasteiger partial charge < -0.3 is 14.2 Å². The van der Waals surface area contributed by atoms with Crippen LogP contribution in [0.1, 0.15) is 5.56 Å². The lowest BCUT2D eigenvalue weighted by atomic mass is 10.2. The van der Waals surface area contributed by atoms with Gasteiger partial charge in [0, 0.05) is 18.3 Å². The number of aromatic nitrogens is 1.